The maximum absolute atomic E-state index is 12.0. The van der Waals surface area contributed by atoms with Crippen molar-refractivity contribution in [2.45, 2.75) is 30.6 Å². The van der Waals surface area contributed by atoms with E-state index in [0.717, 1.165) is 0 Å². The topological polar surface area (TPSA) is 151 Å². The van der Waals surface area contributed by atoms with Crippen molar-refractivity contribution in [2.24, 2.45) is 17.2 Å². The SMILES string of the molecule is Cl.NC[C@H]1O[C@@H](N2CN(C(C(N)=O)c3ccc(Cl)cc3)C=C2N)[C@H](O)[C@@H]1O. The van der Waals surface area contributed by atoms with Crippen LogP contribution < -0.4 is 17.2 Å². The van der Waals surface area contributed by atoms with Gasteiger partial charge in [0.05, 0.1) is 6.67 Å². The van der Waals surface area contributed by atoms with Gasteiger partial charge in [-0.15, -0.1) is 12.4 Å². The average molecular weight is 420 g/mol. The number of carbonyl (C=O) groups excluding carboxylic acids is 1. The van der Waals surface area contributed by atoms with Gasteiger partial charge in [0, 0.05) is 17.8 Å². The Balaban J connectivity index is 0.00000261. The van der Waals surface area contributed by atoms with Gasteiger partial charge in [-0.25, -0.2) is 0 Å². The lowest BCUT2D eigenvalue weighted by atomic mass is 10.1. The standard InChI is InChI=1S/C16H22ClN5O4.ClH/c17-9-3-1-8(2-4-9)12(15(20)25)21-6-11(19)22(7-21)16-14(24)13(23)10(5-18)26-16;/h1-4,6,10,12-14,16,23-24H,5,7,18-19H2,(H2,20,25);1H/t10-,12?,13-,14-,16-;/m1./s1. The third-order valence-electron chi connectivity index (χ3n) is 4.61. The van der Waals surface area contributed by atoms with Crippen LogP contribution in [0.2, 0.25) is 5.02 Å². The minimum atomic E-state index is -1.18. The molecular formula is C16H23Cl2N5O4. The van der Waals surface area contributed by atoms with Crippen LogP contribution in [0.15, 0.2) is 36.3 Å². The van der Waals surface area contributed by atoms with Gasteiger partial charge in [-0.3, -0.25) is 4.79 Å². The molecule has 0 spiro atoms. The van der Waals surface area contributed by atoms with E-state index in [1.165, 1.54) is 0 Å². The molecule has 2 heterocycles. The molecule has 1 amide bonds. The van der Waals surface area contributed by atoms with E-state index in [9.17, 15) is 15.0 Å². The molecule has 0 saturated carbocycles. The Labute approximate surface area is 167 Å². The van der Waals surface area contributed by atoms with Crippen LogP contribution in [0.3, 0.4) is 0 Å². The van der Waals surface area contributed by atoms with Gasteiger partial charge in [0.1, 0.15) is 30.2 Å². The molecule has 0 bridgehead atoms. The number of primary amides is 1. The van der Waals surface area contributed by atoms with Gasteiger partial charge in [0.15, 0.2) is 6.23 Å². The van der Waals surface area contributed by atoms with E-state index in [-0.39, 0.29) is 31.4 Å². The zero-order chi connectivity index (χ0) is 19.0. The van der Waals surface area contributed by atoms with Crippen LogP contribution in [0.4, 0.5) is 0 Å². The minimum absolute atomic E-state index is 0. The summed E-state index contributed by atoms with van der Waals surface area (Å²) >= 11 is 5.90. The molecule has 1 aromatic rings. The third-order valence-corrected chi connectivity index (χ3v) is 4.86. The van der Waals surface area contributed by atoms with Crippen molar-refractivity contribution in [1.29, 1.82) is 0 Å². The summed E-state index contributed by atoms with van der Waals surface area (Å²) in [7, 11) is 0. The smallest absolute Gasteiger partial charge is 0.244 e. The number of nitrogens with two attached hydrogens (primary N) is 3. The highest BCUT2D eigenvalue weighted by Crippen LogP contribution is 2.32. The first-order chi connectivity index (χ1) is 12.3. The van der Waals surface area contributed by atoms with Gasteiger partial charge in [-0.1, -0.05) is 23.7 Å². The van der Waals surface area contributed by atoms with Crippen LogP contribution in [-0.2, 0) is 9.53 Å². The van der Waals surface area contributed by atoms with Crippen molar-refractivity contribution in [3.05, 3.63) is 46.9 Å². The predicted octanol–water partition coefficient (Wildman–Crippen LogP) is -0.974. The van der Waals surface area contributed by atoms with E-state index >= 15 is 0 Å². The number of amides is 1. The van der Waals surface area contributed by atoms with Gasteiger partial charge >= 0.3 is 0 Å². The first-order valence-corrected chi connectivity index (χ1v) is 8.47. The van der Waals surface area contributed by atoms with Gasteiger partial charge in [0.2, 0.25) is 5.91 Å². The fourth-order valence-electron chi connectivity index (χ4n) is 3.27. The number of aliphatic hydroxyl groups excluding tert-OH is 2. The average Bonchev–Trinajstić information content (AvgIpc) is 3.10. The molecule has 0 radical (unpaired) electrons. The fourth-order valence-corrected chi connectivity index (χ4v) is 3.40. The molecule has 2 aliphatic rings. The molecule has 1 fully saturated rings. The van der Waals surface area contributed by atoms with E-state index in [1.54, 1.807) is 40.3 Å². The van der Waals surface area contributed by atoms with E-state index in [4.69, 9.17) is 33.5 Å². The summed E-state index contributed by atoms with van der Waals surface area (Å²) in [6.45, 7) is 0.207. The van der Waals surface area contributed by atoms with Gasteiger partial charge in [-0.2, -0.15) is 0 Å². The highest BCUT2D eigenvalue weighted by Gasteiger charge is 2.47. The van der Waals surface area contributed by atoms with Gasteiger partial charge < -0.3 is 42.0 Å². The second-order valence-corrected chi connectivity index (χ2v) is 6.75. The van der Waals surface area contributed by atoms with Gasteiger partial charge in [0.25, 0.3) is 0 Å². The summed E-state index contributed by atoms with van der Waals surface area (Å²) in [6.07, 6.45) is -2.31. The Morgan fingerprint density at radius 2 is 1.93 bits per heavy atom. The third kappa shape index (κ3) is 4.08. The molecule has 1 aromatic carbocycles. The number of rotatable bonds is 5. The van der Waals surface area contributed by atoms with Crippen LogP contribution >= 0.6 is 24.0 Å². The van der Waals surface area contributed by atoms with E-state index in [0.29, 0.717) is 10.6 Å². The van der Waals surface area contributed by atoms with E-state index in [2.05, 4.69) is 0 Å². The molecule has 150 valence electrons. The number of benzene rings is 1. The largest absolute Gasteiger partial charge is 0.387 e. The summed E-state index contributed by atoms with van der Waals surface area (Å²) in [5.74, 6) is -0.287. The molecule has 5 atom stereocenters. The first-order valence-electron chi connectivity index (χ1n) is 8.09. The van der Waals surface area contributed by atoms with Crippen molar-refractivity contribution < 1.29 is 19.7 Å². The molecular weight excluding hydrogens is 397 g/mol. The molecule has 8 N–H and O–H groups in total. The molecule has 0 aliphatic carbocycles. The number of hydrogen-bond acceptors (Lipinski definition) is 8. The number of nitrogens with zero attached hydrogens (tertiary/aromatic N) is 2. The maximum atomic E-state index is 12.0. The van der Waals surface area contributed by atoms with Crippen LogP contribution in [-0.4, -0.2) is 63.7 Å². The second-order valence-electron chi connectivity index (χ2n) is 6.32. The summed E-state index contributed by atoms with van der Waals surface area (Å²) in [4.78, 5) is 15.2. The molecule has 2 aliphatic heterocycles. The Hall–Kier alpha value is -1.75. The predicted molar refractivity (Wildman–Crippen MR) is 101 cm³/mol. The maximum Gasteiger partial charge on any atom is 0.244 e. The summed E-state index contributed by atoms with van der Waals surface area (Å²) in [5.41, 5.74) is 17.8. The number of ether oxygens (including phenoxy) is 1. The quantitative estimate of drug-likeness (QED) is 0.408. The van der Waals surface area contributed by atoms with E-state index in [1.807, 2.05) is 0 Å². The molecule has 1 saturated heterocycles. The molecule has 27 heavy (non-hydrogen) atoms. The van der Waals surface area contributed by atoms with Crippen LogP contribution in [0.1, 0.15) is 11.6 Å². The number of carbonyl (C=O) groups is 1. The van der Waals surface area contributed by atoms with Crippen molar-refractivity contribution in [1.82, 2.24) is 9.80 Å². The highest BCUT2D eigenvalue weighted by atomic mass is 35.5. The Bertz CT molecular complexity index is 705. The van der Waals surface area contributed by atoms with Crippen molar-refractivity contribution in [3.63, 3.8) is 0 Å². The molecule has 1 unspecified atom stereocenters. The Kier molecular flexibility index (Phi) is 6.79. The molecule has 0 aromatic heterocycles. The van der Waals surface area contributed by atoms with Gasteiger partial charge in [-0.05, 0) is 17.7 Å². The Morgan fingerprint density at radius 3 is 2.44 bits per heavy atom. The summed E-state index contributed by atoms with van der Waals surface area (Å²) < 4.78 is 5.62. The first kappa shape index (κ1) is 21.5. The molecule has 3 rings (SSSR count). The summed E-state index contributed by atoms with van der Waals surface area (Å²) in [6, 6.07) is 5.98. The van der Waals surface area contributed by atoms with Crippen molar-refractivity contribution in [2.75, 3.05) is 13.2 Å². The fraction of sp³-hybridized carbons (Fsp3) is 0.438. The highest BCUT2D eigenvalue weighted by molar-refractivity contribution is 6.30. The molecule has 11 heteroatoms. The van der Waals surface area contributed by atoms with Crippen LogP contribution in [0.5, 0.6) is 0 Å². The minimum Gasteiger partial charge on any atom is -0.387 e. The zero-order valence-corrected chi connectivity index (χ0v) is 15.9. The number of hydrogen-bond donors (Lipinski definition) is 5. The number of aliphatic hydroxyl groups is 2. The zero-order valence-electron chi connectivity index (χ0n) is 14.3. The van der Waals surface area contributed by atoms with Crippen LogP contribution in [0.25, 0.3) is 0 Å². The summed E-state index contributed by atoms with van der Waals surface area (Å²) in [5, 5.41) is 20.8. The second kappa shape index (κ2) is 8.51. The normalized spacial score (nSPS) is 28.7. The van der Waals surface area contributed by atoms with E-state index < -0.39 is 36.5 Å². The Morgan fingerprint density at radius 1 is 1.30 bits per heavy atom. The van der Waals surface area contributed by atoms with Crippen molar-refractivity contribution >= 4 is 29.9 Å². The lowest BCUT2D eigenvalue weighted by Gasteiger charge is -2.32. The molecule has 9 nitrogen and oxygen atoms in total. The lowest BCUT2D eigenvalue weighted by molar-refractivity contribution is -0.124. The lowest BCUT2D eigenvalue weighted by Crippen LogP contribution is -2.46. The number of halogens is 2. The van der Waals surface area contributed by atoms with Crippen molar-refractivity contribution in [3.8, 4) is 0 Å². The monoisotopic (exact) mass is 419 g/mol. The van der Waals surface area contributed by atoms with Crippen LogP contribution in [0, 0.1) is 0 Å².